The molecule has 4 atom stereocenters. The minimum atomic E-state index is -0.155. The van der Waals surface area contributed by atoms with Crippen LogP contribution in [0.3, 0.4) is 0 Å². The molecule has 0 aromatic heterocycles. The molecule has 0 heterocycles. The van der Waals surface area contributed by atoms with E-state index in [1.165, 1.54) is 35.5 Å². The monoisotopic (exact) mass is 399 g/mol. The Morgan fingerprint density at radius 1 is 1.21 bits per heavy atom. The predicted molar refractivity (Wildman–Crippen MR) is 123 cm³/mol. The third-order valence-electron chi connectivity index (χ3n) is 6.24. The van der Waals surface area contributed by atoms with Gasteiger partial charge in [0, 0.05) is 18.2 Å². The van der Waals surface area contributed by atoms with Crippen molar-refractivity contribution in [2.75, 3.05) is 32.1 Å². The highest BCUT2D eigenvalue weighted by atomic mass is 32.2. The molecule has 154 valence electrons. The number of rotatable bonds is 10. The van der Waals surface area contributed by atoms with E-state index in [9.17, 15) is 5.11 Å². The van der Waals surface area contributed by atoms with Gasteiger partial charge in [-0.25, -0.2) is 0 Å². The van der Waals surface area contributed by atoms with Crippen molar-refractivity contribution in [3.05, 3.63) is 59.2 Å². The van der Waals surface area contributed by atoms with Crippen LogP contribution in [0.4, 0.5) is 0 Å². The van der Waals surface area contributed by atoms with Gasteiger partial charge in [0.2, 0.25) is 0 Å². The lowest BCUT2D eigenvalue weighted by Gasteiger charge is -2.18. The van der Waals surface area contributed by atoms with Crippen molar-refractivity contribution < 1.29 is 5.11 Å². The van der Waals surface area contributed by atoms with Crippen molar-refractivity contribution in [1.29, 1.82) is 0 Å². The van der Waals surface area contributed by atoms with Crippen LogP contribution in [0.25, 0.3) is 0 Å². The van der Waals surface area contributed by atoms with Gasteiger partial charge in [-0.05, 0) is 76.3 Å². The highest BCUT2D eigenvalue weighted by Gasteiger charge is 2.43. The van der Waals surface area contributed by atoms with Crippen LogP contribution in [0.15, 0.2) is 48.1 Å². The Labute approximate surface area is 176 Å². The fraction of sp³-hybridized carbons (Fsp3) is 0.600. The van der Waals surface area contributed by atoms with Crippen LogP contribution in [-0.2, 0) is 6.42 Å². The number of hydrogen-bond acceptors (Lipinski definition) is 3. The van der Waals surface area contributed by atoms with E-state index >= 15 is 0 Å². The summed E-state index contributed by atoms with van der Waals surface area (Å²) in [5.74, 6) is 4.03. The van der Waals surface area contributed by atoms with Gasteiger partial charge < -0.3 is 10.0 Å². The lowest BCUT2D eigenvalue weighted by molar-refractivity contribution is 0.141. The molecule has 2 nitrogen and oxygen atoms in total. The largest absolute Gasteiger partial charge is 0.392 e. The zero-order valence-electron chi connectivity index (χ0n) is 17.8. The third kappa shape index (κ3) is 6.23. The summed E-state index contributed by atoms with van der Waals surface area (Å²) in [7, 11) is 4.28. The van der Waals surface area contributed by atoms with Gasteiger partial charge in [0.1, 0.15) is 0 Å². The standard InChI is InChI=1S/C25H37NOS/c1-19-7-6-9-20(15-19)8-4-5-10-23-24-17-21(16-22(24)18-25(23)27)11-13-28-14-12-26(2)3/h5-7,9-10,15-16,22-25,27H,4,8,11-14,17-18H2,1-3H3/t22-,23+,24-,25+/m0/s1. The van der Waals surface area contributed by atoms with Gasteiger partial charge in [-0.15, -0.1) is 0 Å². The van der Waals surface area contributed by atoms with Gasteiger partial charge in [0.25, 0.3) is 0 Å². The third-order valence-corrected chi connectivity index (χ3v) is 7.20. The molecule has 0 saturated heterocycles. The molecule has 1 N–H and O–H groups in total. The molecule has 3 rings (SSSR count). The Morgan fingerprint density at radius 2 is 2.07 bits per heavy atom. The van der Waals surface area contributed by atoms with Gasteiger partial charge in [-0.1, -0.05) is 53.6 Å². The molecular formula is C25H37NOS. The van der Waals surface area contributed by atoms with E-state index < -0.39 is 0 Å². The smallest absolute Gasteiger partial charge is 0.0611 e. The van der Waals surface area contributed by atoms with Crippen molar-refractivity contribution in [2.45, 2.75) is 45.1 Å². The zero-order chi connectivity index (χ0) is 19.9. The Morgan fingerprint density at radius 3 is 2.86 bits per heavy atom. The van der Waals surface area contributed by atoms with Crippen LogP contribution in [0.5, 0.6) is 0 Å². The number of aryl methyl sites for hydroxylation is 2. The molecule has 2 aliphatic carbocycles. The minimum absolute atomic E-state index is 0.155. The molecular weight excluding hydrogens is 362 g/mol. The average Bonchev–Trinajstić information content (AvgIpc) is 3.15. The normalized spacial score (nSPS) is 27.0. The summed E-state index contributed by atoms with van der Waals surface area (Å²) in [5.41, 5.74) is 4.38. The molecule has 28 heavy (non-hydrogen) atoms. The molecule has 0 spiro atoms. The van der Waals surface area contributed by atoms with Gasteiger partial charge >= 0.3 is 0 Å². The van der Waals surface area contributed by atoms with Gasteiger partial charge in [-0.2, -0.15) is 11.8 Å². The Balaban J connectivity index is 1.42. The number of aliphatic hydroxyl groups excluding tert-OH is 1. The van der Waals surface area contributed by atoms with E-state index in [4.69, 9.17) is 0 Å². The molecule has 1 fully saturated rings. The van der Waals surface area contributed by atoms with Gasteiger partial charge in [-0.3, -0.25) is 0 Å². The zero-order valence-corrected chi connectivity index (χ0v) is 18.6. The molecule has 3 heteroatoms. The van der Waals surface area contributed by atoms with Crippen molar-refractivity contribution in [3.8, 4) is 0 Å². The number of benzene rings is 1. The first-order chi connectivity index (χ1) is 13.5. The quantitative estimate of drug-likeness (QED) is 0.437. The Kier molecular flexibility index (Phi) is 8.25. The average molecular weight is 400 g/mol. The van der Waals surface area contributed by atoms with E-state index in [0.717, 1.165) is 25.8 Å². The van der Waals surface area contributed by atoms with Crippen LogP contribution in [0, 0.1) is 24.7 Å². The first-order valence-electron chi connectivity index (χ1n) is 10.8. The number of nitrogens with zero attached hydrogens (tertiary/aromatic N) is 1. The molecule has 0 aliphatic heterocycles. The first kappa shape index (κ1) is 21.7. The number of aliphatic hydroxyl groups is 1. The summed E-state index contributed by atoms with van der Waals surface area (Å²) >= 11 is 2.07. The molecule has 2 aliphatic rings. The highest BCUT2D eigenvalue weighted by molar-refractivity contribution is 7.99. The topological polar surface area (TPSA) is 23.5 Å². The Bertz CT molecular complexity index is 681. The van der Waals surface area contributed by atoms with Crippen LogP contribution in [-0.4, -0.2) is 48.3 Å². The van der Waals surface area contributed by atoms with Crippen LogP contribution < -0.4 is 0 Å². The fourth-order valence-electron chi connectivity index (χ4n) is 4.71. The minimum Gasteiger partial charge on any atom is -0.392 e. The molecule has 0 bridgehead atoms. The molecule has 1 aromatic rings. The van der Waals surface area contributed by atoms with Crippen LogP contribution in [0.1, 0.15) is 36.8 Å². The first-order valence-corrected chi connectivity index (χ1v) is 12.0. The second kappa shape index (κ2) is 10.7. The number of allylic oxidation sites excluding steroid dienone is 3. The molecule has 1 aromatic carbocycles. The maximum absolute atomic E-state index is 10.5. The predicted octanol–water partition coefficient (Wildman–Crippen LogP) is 5.11. The van der Waals surface area contributed by atoms with Crippen molar-refractivity contribution in [1.82, 2.24) is 4.90 Å². The Hall–Kier alpha value is -1.03. The second-order valence-corrected chi connectivity index (χ2v) is 10.1. The maximum Gasteiger partial charge on any atom is 0.0611 e. The number of thioether (sulfide) groups is 1. The summed E-state index contributed by atoms with van der Waals surface area (Å²) < 4.78 is 0. The van der Waals surface area contributed by atoms with Gasteiger partial charge in [0.05, 0.1) is 6.10 Å². The second-order valence-electron chi connectivity index (χ2n) is 8.86. The van der Waals surface area contributed by atoms with E-state index in [2.05, 4.69) is 80.2 Å². The van der Waals surface area contributed by atoms with Crippen LogP contribution in [0.2, 0.25) is 0 Å². The van der Waals surface area contributed by atoms with Crippen molar-refractivity contribution in [2.24, 2.45) is 17.8 Å². The summed E-state index contributed by atoms with van der Waals surface area (Å²) in [5, 5.41) is 10.5. The van der Waals surface area contributed by atoms with Crippen LogP contribution >= 0.6 is 11.8 Å². The lowest BCUT2D eigenvalue weighted by atomic mass is 9.89. The van der Waals surface area contributed by atoms with E-state index in [1.807, 2.05) is 0 Å². The lowest BCUT2D eigenvalue weighted by Crippen LogP contribution is -2.17. The molecule has 0 unspecified atom stereocenters. The van der Waals surface area contributed by atoms with Crippen molar-refractivity contribution in [3.63, 3.8) is 0 Å². The SMILES string of the molecule is Cc1cccc(CCC=C[C@@H]2[C@H]3CC(CCSCCN(C)C)=C[C@H]3C[C@H]2O)c1. The van der Waals surface area contributed by atoms with E-state index in [-0.39, 0.29) is 6.10 Å². The summed E-state index contributed by atoms with van der Waals surface area (Å²) in [6.07, 6.45) is 12.5. The maximum atomic E-state index is 10.5. The van der Waals surface area contributed by atoms with Gasteiger partial charge in [0.15, 0.2) is 0 Å². The number of hydrogen-bond donors (Lipinski definition) is 1. The van der Waals surface area contributed by atoms with E-state index in [1.54, 1.807) is 5.57 Å². The number of fused-ring (bicyclic) bond motifs is 1. The van der Waals surface area contributed by atoms with Crippen molar-refractivity contribution >= 4 is 11.8 Å². The van der Waals surface area contributed by atoms with E-state index in [0.29, 0.717) is 17.8 Å². The summed E-state index contributed by atoms with van der Waals surface area (Å²) in [6, 6.07) is 8.78. The highest BCUT2D eigenvalue weighted by Crippen LogP contribution is 2.48. The summed E-state index contributed by atoms with van der Waals surface area (Å²) in [4.78, 5) is 2.25. The molecule has 1 saturated carbocycles. The summed E-state index contributed by atoms with van der Waals surface area (Å²) in [6.45, 7) is 3.32. The molecule has 0 amide bonds. The fourth-order valence-corrected chi connectivity index (χ4v) is 5.82. The molecule has 0 radical (unpaired) electrons.